The van der Waals surface area contributed by atoms with Gasteiger partial charge in [0.05, 0.1) is 16.1 Å². The van der Waals surface area contributed by atoms with Gasteiger partial charge in [0.25, 0.3) is 0 Å². The van der Waals surface area contributed by atoms with Crippen LogP contribution in [-0.4, -0.2) is 21.4 Å². The number of halogens is 1. The largest absolute Gasteiger partial charge is 0.370 e. The lowest BCUT2D eigenvalue weighted by atomic mass is 10.2. The van der Waals surface area contributed by atoms with Crippen LogP contribution in [0.3, 0.4) is 0 Å². The number of nitrogens with zero attached hydrogens (tertiary/aromatic N) is 2. The number of imidazole rings is 1. The molecular formula is C14H17ClN4O2. The van der Waals surface area contributed by atoms with Crippen LogP contribution in [0.15, 0.2) is 18.2 Å². The predicted molar refractivity (Wildman–Crippen MR) is 82.0 cm³/mol. The zero-order valence-corrected chi connectivity index (χ0v) is 12.5. The summed E-state index contributed by atoms with van der Waals surface area (Å²) in [7, 11) is 1.80. The molecule has 3 N–H and O–H groups in total. The number of unbranched alkanes of at least 4 members (excludes halogenated alkanes) is 1. The van der Waals surface area contributed by atoms with Gasteiger partial charge in [-0.15, -0.1) is 0 Å². The van der Waals surface area contributed by atoms with Crippen molar-refractivity contribution < 1.29 is 9.59 Å². The first kappa shape index (κ1) is 15.3. The second-order valence-corrected chi connectivity index (χ2v) is 5.23. The quantitative estimate of drug-likeness (QED) is 0.802. The van der Waals surface area contributed by atoms with Crippen molar-refractivity contribution in [3.8, 4) is 0 Å². The Balaban J connectivity index is 2.00. The Bertz CT molecular complexity index is 681. The molecule has 1 heterocycles. The molecule has 7 heteroatoms. The summed E-state index contributed by atoms with van der Waals surface area (Å²) >= 11 is 6.13. The lowest BCUT2D eigenvalue weighted by Gasteiger charge is -2.05. The third kappa shape index (κ3) is 3.72. The van der Waals surface area contributed by atoms with Gasteiger partial charge < -0.3 is 10.3 Å². The number of carbonyl (C=O) groups is 2. The number of aromatic nitrogens is 2. The number of nitrogens with two attached hydrogens (primary N) is 1. The summed E-state index contributed by atoms with van der Waals surface area (Å²) in [5, 5.41) is 3.34. The molecule has 0 fully saturated rings. The lowest BCUT2D eigenvalue weighted by Crippen LogP contribution is -2.15. The Morgan fingerprint density at radius 3 is 2.71 bits per heavy atom. The molecule has 0 saturated carbocycles. The van der Waals surface area contributed by atoms with Gasteiger partial charge in [0.2, 0.25) is 17.8 Å². The molecule has 0 spiro atoms. The van der Waals surface area contributed by atoms with Gasteiger partial charge in [0, 0.05) is 19.9 Å². The average Bonchev–Trinajstić information content (AvgIpc) is 2.73. The minimum atomic E-state index is -0.347. The average molecular weight is 309 g/mol. The van der Waals surface area contributed by atoms with E-state index < -0.39 is 0 Å². The highest BCUT2D eigenvalue weighted by atomic mass is 35.5. The SMILES string of the molecule is Cn1c(NC(=O)CCCCC(N)=O)nc2cccc(Cl)c21. The van der Waals surface area contributed by atoms with Crippen molar-refractivity contribution in [3.05, 3.63) is 23.2 Å². The van der Waals surface area contributed by atoms with E-state index in [1.165, 1.54) is 0 Å². The molecule has 21 heavy (non-hydrogen) atoms. The van der Waals surface area contributed by atoms with E-state index in [0.717, 1.165) is 11.0 Å². The first-order valence-electron chi connectivity index (χ1n) is 6.68. The smallest absolute Gasteiger partial charge is 0.226 e. The fourth-order valence-corrected chi connectivity index (χ4v) is 2.40. The Morgan fingerprint density at radius 1 is 1.33 bits per heavy atom. The first-order valence-corrected chi connectivity index (χ1v) is 7.06. The number of primary amides is 1. The van der Waals surface area contributed by atoms with Crippen molar-refractivity contribution in [1.82, 2.24) is 9.55 Å². The Morgan fingerprint density at radius 2 is 2.05 bits per heavy atom. The van der Waals surface area contributed by atoms with Crippen LogP contribution in [0.2, 0.25) is 5.02 Å². The summed E-state index contributed by atoms with van der Waals surface area (Å²) in [6, 6.07) is 5.43. The second kappa shape index (κ2) is 6.58. The van der Waals surface area contributed by atoms with Crippen LogP contribution in [-0.2, 0) is 16.6 Å². The molecule has 2 rings (SSSR count). The van der Waals surface area contributed by atoms with E-state index in [1.807, 2.05) is 12.1 Å². The van der Waals surface area contributed by atoms with Gasteiger partial charge in [-0.1, -0.05) is 17.7 Å². The van der Waals surface area contributed by atoms with Crippen molar-refractivity contribution in [2.24, 2.45) is 12.8 Å². The summed E-state index contributed by atoms with van der Waals surface area (Å²) in [6.07, 6.45) is 1.84. The number of amides is 2. The van der Waals surface area contributed by atoms with Gasteiger partial charge in [0.1, 0.15) is 0 Å². The van der Waals surface area contributed by atoms with Crippen molar-refractivity contribution in [2.45, 2.75) is 25.7 Å². The maximum Gasteiger partial charge on any atom is 0.226 e. The molecule has 2 amide bonds. The molecule has 0 aliphatic rings. The summed E-state index contributed by atoms with van der Waals surface area (Å²) in [5.41, 5.74) is 6.56. The summed E-state index contributed by atoms with van der Waals surface area (Å²) in [6.45, 7) is 0. The highest BCUT2D eigenvalue weighted by molar-refractivity contribution is 6.35. The number of fused-ring (bicyclic) bond motifs is 1. The molecular weight excluding hydrogens is 292 g/mol. The molecule has 0 atom stereocenters. The lowest BCUT2D eigenvalue weighted by molar-refractivity contribution is -0.119. The topological polar surface area (TPSA) is 90.0 Å². The van der Waals surface area contributed by atoms with Crippen LogP contribution in [0, 0.1) is 0 Å². The monoisotopic (exact) mass is 308 g/mol. The molecule has 0 saturated heterocycles. The van der Waals surface area contributed by atoms with Gasteiger partial charge in [-0.05, 0) is 25.0 Å². The normalized spacial score (nSPS) is 10.8. The standard InChI is InChI=1S/C14H17ClN4O2/c1-19-13-9(15)5-4-6-10(13)17-14(19)18-12(21)8-3-2-7-11(16)20/h4-6H,2-3,7-8H2,1H3,(H2,16,20)(H,17,18,21). The Kier molecular flexibility index (Phi) is 4.80. The molecule has 0 bridgehead atoms. The number of hydrogen-bond acceptors (Lipinski definition) is 3. The Hall–Kier alpha value is -2.08. The zero-order valence-electron chi connectivity index (χ0n) is 11.7. The Labute approximate surface area is 127 Å². The predicted octanol–water partition coefficient (Wildman–Crippen LogP) is 2.21. The third-order valence-corrected chi connectivity index (χ3v) is 3.48. The van der Waals surface area contributed by atoms with Crippen LogP contribution in [0.1, 0.15) is 25.7 Å². The number of anilines is 1. The first-order chi connectivity index (χ1) is 9.99. The fourth-order valence-electron chi connectivity index (χ4n) is 2.10. The zero-order chi connectivity index (χ0) is 15.4. The number of rotatable bonds is 6. The molecule has 6 nitrogen and oxygen atoms in total. The highest BCUT2D eigenvalue weighted by Crippen LogP contribution is 2.25. The molecule has 0 unspecified atom stereocenters. The van der Waals surface area contributed by atoms with E-state index in [9.17, 15) is 9.59 Å². The number of benzene rings is 1. The van der Waals surface area contributed by atoms with E-state index in [2.05, 4.69) is 10.3 Å². The highest BCUT2D eigenvalue weighted by Gasteiger charge is 2.12. The van der Waals surface area contributed by atoms with Crippen LogP contribution < -0.4 is 11.1 Å². The maximum absolute atomic E-state index is 11.9. The fraction of sp³-hybridized carbons (Fsp3) is 0.357. The van der Waals surface area contributed by atoms with Gasteiger partial charge in [-0.3, -0.25) is 14.9 Å². The van der Waals surface area contributed by atoms with Gasteiger partial charge in [-0.25, -0.2) is 4.98 Å². The minimum Gasteiger partial charge on any atom is -0.370 e. The maximum atomic E-state index is 11.9. The molecule has 0 aliphatic carbocycles. The molecule has 1 aromatic heterocycles. The molecule has 1 aromatic carbocycles. The summed E-state index contributed by atoms with van der Waals surface area (Å²) < 4.78 is 1.75. The second-order valence-electron chi connectivity index (χ2n) is 4.82. The van der Waals surface area contributed by atoms with E-state index >= 15 is 0 Å². The summed E-state index contributed by atoms with van der Waals surface area (Å²) in [4.78, 5) is 26.8. The number of carbonyl (C=O) groups excluding carboxylic acids is 2. The number of hydrogen-bond donors (Lipinski definition) is 2. The van der Waals surface area contributed by atoms with Gasteiger partial charge >= 0.3 is 0 Å². The minimum absolute atomic E-state index is 0.144. The van der Waals surface area contributed by atoms with E-state index in [0.29, 0.717) is 36.7 Å². The summed E-state index contributed by atoms with van der Waals surface area (Å²) in [5.74, 6) is -0.0348. The van der Waals surface area contributed by atoms with E-state index in [1.54, 1.807) is 17.7 Å². The van der Waals surface area contributed by atoms with Crippen molar-refractivity contribution >= 4 is 40.4 Å². The molecule has 2 aromatic rings. The van der Waals surface area contributed by atoms with Crippen LogP contribution in [0.4, 0.5) is 5.95 Å². The number of aryl methyl sites for hydroxylation is 1. The third-order valence-electron chi connectivity index (χ3n) is 3.17. The molecule has 0 aliphatic heterocycles. The number of nitrogens with one attached hydrogen (secondary N) is 1. The molecule has 0 radical (unpaired) electrons. The van der Waals surface area contributed by atoms with E-state index in [-0.39, 0.29) is 11.8 Å². The van der Waals surface area contributed by atoms with Crippen LogP contribution in [0.25, 0.3) is 11.0 Å². The van der Waals surface area contributed by atoms with Crippen molar-refractivity contribution in [1.29, 1.82) is 0 Å². The van der Waals surface area contributed by atoms with Gasteiger partial charge in [0.15, 0.2) is 0 Å². The van der Waals surface area contributed by atoms with Crippen molar-refractivity contribution in [2.75, 3.05) is 5.32 Å². The van der Waals surface area contributed by atoms with Gasteiger partial charge in [-0.2, -0.15) is 0 Å². The van der Waals surface area contributed by atoms with E-state index in [4.69, 9.17) is 17.3 Å². The van der Waals surface area contributed by atoms with Crippen molar-refractivity contribution in [3.63, 3.8) is 0 Å². The van der Waals surface area contributed by atoms with Crippen LogP contribution in [0.5, 0.6) is 0 Å². The van der Waals surface area contributed by atoms with Crippen LogP contribution >= 0.6 is 11.6 Å². The number of para-hydroxylation sites is 1. The molecule has 112 valence electrons.